The lowest BCUT2D eigenvalue weighted by atomic mass is 9.88. The number of hydrogen-bond acceptors (Lipinski definition) is 5. The fourth-order valence-corrected chi connectivity index (χ4v) is 15.7. The molecule has 4 aromatic carbocycles. The third-order valence-electron chi connectivity index (χ3n) is 11.3. The van der Waals surface area contributed by atoms with Crippen LogP contribution in [0.25, 0.3) is 0 Å². The minimum atomic E-state index is -2.57. The van der Waals surface area contributed by atoms with Crippen molar-refractivity contribution in [1.29, 1.82) is 0 Å². The fraction of sp³-hybridized carbons (Fsp3) is 0.468. The van der Waals surface area contributed by atoms with Gasteiger partial charge >= 0.3 is 0 Å². The summed E-state index contributed by atoms with van der Waals surface area (Å²) in [5, 5.41) is 2.58. The largest absolute Gasteiger partial charge is 0.409 e. The maximum absolute atomic E-state index is 12.9. The van der Waals surface area contributed by atoms with E-state index >= 15 is 0 Å². The molecular formula is C47H66O5Si2. The SMILES string of the molecule is CC[Si](CC)(CC)O[C@](C)(CCCCCCO[Si](c1ccccc1)(c1ccccc1)C(C)(C)C)[C@H](OCc1ccccc1)[C@H](C=O)OCc1ccccc1. The fourth-order valence-electron chi connectivity index (χ4n) is 7.97. The highest BCUT2D eigenvalue weighted by Gasteiger charge is 2.50. The van der Waals surface area contributed by atoms with E-state index in [-0.39, 0.29) is 5.04 Å². The summed E-state index contributed by atoms with van der Waals surface area (Å²) in [5.41, 5.74) is 1.37. The molecule has 0 aliphatic carbocycles. The lowest BCUT2D eigenvalue weighted by molar-refractivity contribution is -0.169. The maximum Gasteiger partial charge on any atom is 0.261 e. The van der Waals surface area contributed by atoms with Crippen molar-refractivity contribution < 1.29 is 23.1 Å². The molecule has 0 saturated heterocycles. The lowest BCUT2D eigenvalue weighted by Crippen LogP contribution is -2.66. The summed E-state index contributed by atoms with van der Waals surface area (Å²) in [6.45, 7) is 17.4. The second-order valence-electron chi connectivity index (χ2n) is 15.9. The van der Waals surface area contributed by atoms with Gasteiger partial charge in [-0.2, -0.15) is 0 Å². The first kappa shape index (κ1) is 43.6. The van der Waals surface area contributed by atoms with E-state index in [0.717, 1.165) is 67.6 Å². The van der Waals surface area contributed by atoms with Crippen molar-refractivity contribution in [2.24, 2.45) is 0 Å². The van der Waals surface area contributed by atoms with E-state index in [2.05, 4.69) is 121 Å². The van der Waals surface area contributed by atoms with Gasteiger partial charge in [0, 0.05) is 6.61 Å². The molecule has 0 N–H and O–H groups in total. The topological polar surface area (TPSA) is 54.0 Å². The zero-order chi connectivity index (χ0) is 38.9. The molecule has 0 radical (unpaired) electrons. The van der Waals surface area contributed by atoms with Crippen LogP contribution in [-0.2, 0) is 36.3 Å². The van der Waals surface area contributed by atoms with Gasteiger partial charge < -0.3 is 23.1 Å². The summed E-state index contributed by atoms with van der Waals surface area (Å²) in [4.78, 5) is 12.9. The molecule has 0 aliphatic heterocycles. The number of hydrogen-bond donors (Lipinski definition) is 0. The van der Waals surface area contributed by atoms with E-state index in [4.69, 9.17) is 18.3 Å². The molecule has 0 bridgehead atoms. The minimum Gasteiger partial charge on any atom is -0.409 e. The van der Waals surface area contributed by atoms with Crippen LogP contribution in [0.2, 0.25) is 23.2 Å². The molecule has 0 unspecified atom stereocenters. The predicted octanol–water partition coefficient (Wildman–Crippen LogP) is 10.7. The average Bonchev–Trinajstić information content (AvgIpc) is 3.20. The Hall–Kier alpha value is -3.18. The van der Waals surface area contributed by atoms with Crippen molar-refractivity contribution >= 4 is 33.3 Å². The van der Waals surface area contributed by atoms with Crippen molar-refractivity contribution in [3.05, 3.63) is 132 Å². The Balaban J connectivity index is 1.52. The van der Waals surface area contributed by atoms with Gasteiger partial charge in [-0.1, -0.05) is 182 Å². The second kappa shape index (κ2) is 21.2. The molecule has 3 atom stereocenters. The summed E-state index contributed by atoms with van der Waals surface area (Å²) in [6, 6.07) is 45.0. The molecule has 0 spiro atoms. The summed E-state index contributed by atoms with van der Waals surface area (Å²) in [5.74, 6) is 0. The lowest BCUT2D eigenvalue weighted by Gasteiger charge is -2.46. The highest BCUT2D eigenvalue weighted by Crippen LogP contribution is 2.38. The van der Waals surface area contributed by atoms with Gasteiger partial charge in [-0.15, -0.1) is 0 Å². The Morgan fingerprint density at radius 3 is 1.48 bits per heavy atom. The molecule has 0 aliphatic rings. The van der Waals surface area contributed by atoms with Crippen LogP contribution in [0.5, 0.6) is 0 Å². The summed E-state index contributed by atoms with van der Waals surface area (Å²) in [7, 11) is -4.69. The van der Waals surface area contributed by atoms with Crippen LogP contribution < -0.4 is 10.4 Å². The predicted molar refractivity (Wildman–Crippen MR) is 229 cm³/mol. The van der Waals surface area contributed by atoms with Gasteiger partial charge in [0.05, 0.1) is 18.8 Å². The zero-order valence-corrected chi connectivity index (χ0v) is 36.1. The molecule has 5 nitrogen and oxygen atoms in total. The normalized spacial score (nSPS) is 14.6. The van der Waals surface area contributed by atoms with Gasteiger partial charge in [0.25, 0.3) is 8.32 Å². The molecule has 7 heteroatoms. The van der Waals surface area contributed by atoms with Gasteiger partial charge in [0.15, 0.2) is 14.6 Å². The minimum absolute atomic E-state index is 0.0461. The molecule has 4 aromatic rings. The second-order valence-corrected chi connectivity index (χ2v) is 24.9. The van der Waals surface area contributed by atoms with Crippen LogP contribution in [0, 0.1) is 0 Å². The number of aldehydes is 1. The molecule has 54 heavy (non-hydrogen) atoms. The van der Waals surface area contributed by atoms with Crippen molar-refractivity contribution in [2.45, 2.75) is 135 Å². The summed E-state index contributed by atoms with van der Waals surface area (Å²) in [6.07, 6.45) is 4.35. The molecule has 0 heterocycles. The van der Waals surface area contributed by atoms with Crippen LogP contribution in [-0.4, -0.2) is 47.3 Å². The van der Waals surface area contributed by atoms with E-state index in [1.807, 2.05) is 48.5 Å². The number of carbonyl (C=O) groups is 1. The Morgan fingerprint density at radius 2 is 1.04 bits per heavy atom. The van der Waals surface area contributed by atoms with Gasteiger partial charge in [0.1, 0.15) is 12.2 Å². The first-order valence-electron chi connectivity index (χ1n) is 20.3. The van der Waals surface area contributed by atoms with Gasteiger partial charge in [-0.25, -0.2) is 0 Å². The average molecular weight is 767 g/mol. The molecule has 0 saturated carbocycles. The number of unbranched alkanes of at least 4 members (excludes halogenated alkanes) is 3. The highest BCUT2D eigenvalue weighted by molar-refractivity contribution is 6.99. The van der Waals surface area contributed by atoms with Crippen LogP contribution in [0.1, 0.15) is 91.7 Å². The van der Waals surface area contributed by atoms with Gasteiger partial charge in [0.2, 0.25) is 0 Å². The van der Waals surface area contributed by atoms with Crippen molar-refractivity contribution in [3.63, 3.8) is 0 Å². The van der Waals surface area contributed by atoms with Crippen molar-refractivity contribution in [2.75, 3.05) is 6.61 Å². The third kappa shape index (κ3) is 11.4. The van der Waals surface area contributed by atoms with E-state index in [0.29, 0.717) is 19.8 Å². The van der Waals surface area contributed by atoms with E-state index in [1.165, 1.54) is 10.4 Å². The highest BCUT2D eigenvalue weighted by atomic mass is 28.4. The Bertz CT molecular complexity index is 1560. The molecule has 4 rings (SSSR count). The van der Waals surface area contributed by atoms with E-state index < -0.39 is 34.4 Å². The van der Waals surface area contributed by atoms with Gasteiger partial charge in [-0.05, 0) is 64.4 Å². The monoisotopic (exact) mass is 766 g/mol. The van der Waals surface area contributed by atoms with Crippen LogP contribution >= 0.6 is 0 Å². The first-order chi connectivity index (χ1) is 26.1. The summed E-state index contributed by atoms with van der Waals surface area (Å²) < 4.78 is 27.8. The number of carbonyl (C=O) groups excluding carboxylic acids is 1. The molecule has 0 amide bonds. The van der Waals surface area contributed by atoms with Crippen molar-refractivity contribution in [3.8, 4) is 0 Å². The number of rotatable bonds is 24. The number of benzene rings is 4. The molecular weight excluding hydrogens is 701 g/mol. The van der Waals surface area contributed by atoms with Gasteiger partial charge in [-0.3, -0.25) is 0 Å². The first-order valence-corrected chi connectivity index (χ1v) is 24.7. The molecule has 0 aromatic heterocycles. The maximum atomic E-state index is 12.9. The van der Waals surface area contributed by atoms with Crippen molar-refractivity contribution in [1.82, 2.24) is 0 Å². The van der Waals surface area contributed by atoms with E-state index in [9.17, 15) is 4.79 Å². The van der Waals surface area contributed by atoms with Crippen LogP contribution in [0.4, 0.5) is 0 Å². The smallest absolute Gasteiger partial charge is 0.261 e. The van der Waals surface area contributed by atoms with Crippen LogP contribution in [0.3, 0.4) is 0 Å². The Morgan fingerprint density at radius 1 is 0.593 bits per heavy atom. The standard InChI is InChI=1S/C47H66O5Si2/c1-8-53(9-2,10-3)52-47(7,45(50-39-41-29-19-14-20-30-41)44(37-48)49-38-40-27-17-13-18-28-40)35-25-11-12-26-36-51-54(46(4,5)6,42-31-21-15-22-32-42)43-33-23-16-24-34-43/h13-24,27-34,37,44-45H,8-12,25-26,35-36,38-39H2,1-7H3/t44-,45+,47+/m0/s1. The van der Waals surface area contributed by atoms with E-state index in [1.54, 1.807) is 0 Å². The summed E-state index contributed by atoms with van der Waals surface area (Å²) >= 11 is 0. The molecule has 292 valence electrons. The third-order valence-corrected chi connectivity index (χ3v) is 21.1. The quantitative estimate of drug-likeness (QED) is 0.0404. The number of ether oxygens (including phenoxy) is 2. The molecule has 0 fully saturated rings. The van der Waals surface area contributed by atoms with Crippen LogP contribution in [0.15, 0.2) is 121 Å². The zero-order valence-electron chi connectivity index (χ0n) is 34.1. The Kier molecular flexibility index (Phi) is 17.1. The Labute approximate surface area is 329 Å².